The average Bonchev–Trinajstić information content (AvgIpc) is 2.78. The molecule has 1 heterocycles. The molecule has 0 amide bonds. The van der Waals surface area contributed by atoms with Crippen molar-refractivity contribution in [3.05, 3.63) is 41.4 Å². The number of methoxy groups -OCH3 is 1. The van der Waals surface area contributed by atoms with Gasteiger partial charge in [-0.25, -0.2) is 4.98 Å². The second-order valence-electron chi connectivity index (χ2n) is 4.69. The van der Waals surface area contributed by atoms with E-state index in [1.165, 1.54) is 0 Å². The summed E-state index contributed by atoms with van der Waals surface area (Å²) in [4.78, 5) is 4.15. The first-order chi connectivity index (χ1) is 8.43. The number of benzene rings is 1. The molecule has 1 aromatic heterocycles. The van der Waals surface area contributed by atoms with Gasteiger partial charge in [0.2, 0.25) is 0 Å². The fourth-order valence-electron chi connectivity index (χ4n) is 1.77. The molecule has 0 spiro atoms. The molecular formula is C13H16ClN3O. The maximum absolute atomic E-state index is 6.22. The van der Waals surface area contributed by atoms with Crippen LogP contribution in [0.25, 0.3) is 5.69 Å². The molecule has 0 fully saturated rings. The lowest BCUT2D eigenvalue weighted by atomic mass is 10.0. The maximum Gasteiger partial charge on any atom is 0.121 e. The number of ether oxygens (including phenoxy) is 1. The lowest BCUT2D eigenvalue weighted by molar-refractivity contribution is 0.414. The Morgan fingerprint density at radius 3 is 2.72 bits per heavy atom. The number of rotatable bonds is 3. The van der Waals surface area contributed by atoms with Gasteiger partial charge >= 0.3 is 0 Å². The predicted molar refractivity (Wildman–Crippen MR) is 72.3 cm³/mol. The third kappa shape index (κ3) is 2.35. The predicted octanol–water partition coefficient (Wildman–Crippen LogP) is 2.73. The Morgan fingerprint density at radius 1 is 1.39 bits per heavy atom. The Balaban J connectivity index is 2.59. The number of nitrogens with zero attached hydrogens (tertiary/aromatic N) is 2. The molecule has 0 unspecified atom stereocenters. The van der Waals surface area contributed by atoms with Crippen LogP contribution >= 0.6 is 11.6 Å². The minimum atomic E-state index is -0.497. The standard InChI is InChI=1S/C13H16ClN3O/c1-13(2,15)12-7-16-8-17(12)11-6-9(18-3)4-5-10(11)14/h4-8H,15H2,1-3H3. The van der Waals surface area contributed by atoms with Crippen LogP contribution in [0.15, 0.2) is 30.7 Å². The normalized spacial score (nSPS) is 11.6. The minimum Gasteiger partial charge on any atom is -0.497 e. The van der Waals surface area contributed by atoms with Crippen LogP contribution < -0.4 is 10.5 Å². The number of halogens is 1. The quantitative estimate of drug-likeness (QED) is 0.928. The van der Waals surface area contributed by atoms with E-state index in [4.69, 9.17) is 22.1 Å². The highest BCUT2D eigenvalue weighted by Gasteiger charge is 2.21. The summed E-state index contributed by atoms with van der Waals surface area (Å²) in [5.41, 5.74) is 7.32. The van der Waals surface area contributed by atoms with Crippen molar-refractivity contribution in [1.82, 2.24) is 9.55 Å². The first-order valence-electron chi connectivity index (χ1n) is 5.59. The van der Waals surface area contributed by atoms with E-state index in [2.05, 4.69) is 4.98 Å². The van der Waals surface area contributed by atoms with Crippen molar-refractivity contribution in [2.75, 3.05) is 7.11 Å². The number of aromatic nitrogens is 2. The fourth-order valence-corrected chi connectivity index (χ4v) is 1.98. The highest BCUT2D eigenvalue weighted by atomic mass is 35.5. The molecule has 0 radical (unpaired) electrons. The summed E-state index contributed by atoms with van der Waals surface area (Å²) in [5.74, 6) is 0.740. The number of hydrogen-bond acceptors (Lipinski definition) is 3. The zero-order valence-corrected chi connectivity index (χ0v) is 11.4. The van der Waals surface area contributed by atoms with Gasteiger partial charge in [-0.3, -0.25) is 4.57 Å². The molecule has 0 atom stereocenters. The Kier molecular flexibility index (Phi) is 3.32. The second-order valence-corrected chi connectivity index (χ2v) is 5.10. The maximum atomic E-state index is 6.22. The van der Waals surface area contributed by atoms with Crippen molar-refractivity contribution in [3.63, 3.8) is 0 Å². The average molecular weight is 266 g/mol. The van der Waals surface area contributed by atoms with E-state index in [0.717, 1.165) is 17.1 Å². The second kappa shape index (κ2) is 4.63. The minimum absolute atomic E-state index is 0.497. The van der Waals surface area contributed by atoms with Gasteiger partial charge < -0.3 is 10.5 Å². The van der Waals surface area contributed by atoms with E-state index in [0.29, 0.717) is 5.02 Å². The van der Waals surface area contributed by atoms with E-state index in [-0.39, 0.29) is 0 Å². The van der Waals surface area contributed by atoms with Crippen LogP contribution in [0.5, 0.6) is 5.75 Å². The Morgan fingerprint density at radius 2 is 2.11 bits per heavy atom. The van der Waals surface area contributed by atoms with E-state index < -0.39 is 5.54 Å². The molecule has 2 N–H and O–H groups in total. The van der Waals surface area contributed by atoms with Crippen molar-refractivity contribution in [3.8, 4) is 11.4 Å². The van der Waals surface area contributed by atoms with Crippen LogP contribution in [0.4, 0.5) is 0 Å². The summed E-state index contributed by atoms with van der Waals surface area (Å²) < 4.78 is 7.09. The zero-order chi connectivity index (χ0) is 13.3. The first-order valence-corrected chi connectivity index (χ1v) is 5.97. The zero-order valence-electron chi connectivity index (χ0n) is 10.6. The highest BCUT2D eigenvalue weighted by Crippen LogP contribution is 2.28. The van der Waals surface area contributed by atoms with Gasteiger partial charge in [0.25, 0.3) is 0 Å². The molecule has 0 aliphatic heterocycles. The van der Waals surface area contributed by atoms with Crippen molar-refractivity contribution in [2.45, 2.75) is 19.4 Å². The third-order valence-corrected chi connectivity index (χ3v) is 3.03. The largest absolute Gasteiger partial charge is 0.497 e. The molecule has 5 heteroatoms. The molecule has 2 rings (SSSR count). The molecule has 2 aromatic rings. The van der Waals surface area contributed by atoms with Gasteiger partial charge in [0.05, 0.1) is 41.6 Å². The van der Waals surface area contributed by atoms with Gasteiger partial charge in [-0.1, -0.05) is 11.6 Å². The van der Waals surface area contributed by atoms with Crippen LogP contribution in [0, 0.1) is 0 Å². The van der Waals surface area contributed by atoms with Crippen molar-refractivity contribution in [1.29, 1.82) is 0 Å². The van der Waals surface area contributed by atoms with Crippen LogP contribution in [0.3, 0.4) is 0 Å². The van der Waals surface area contributed by atoms with Crippen molar-refractivity contribution >= 4 is 11.6 Å². The molecule has 0 aliphatic rings. The van der Waals surface area contributed by atoms with Crippen LogP contribution in [0.1, 0.15) is 19.5 Å². The Bertz CT molecular complexity index is 558. The molecule has 0 saturated heterocycles. The van der Waals surface area contributed by atoms with Crippen LogP contribution in [-0.4, -0.2) is 16.7 Å². The highest BCUT2D eigenvalue weighted by molar-refractivity contribution is 6.32. The summed E-state index contributed by atoms with van der Waals surface area (Å²) in [5, 5.41) is 0.624. The monoisotopic (exact) mass is 265 g/mol. The van der Waals surface area contributed by atoms with Crippen molar-refractivity contribution in [2.24, 2.45) is 5.73 Å². The first kappa shape index (κ1) is 12.9. The topological polar surface area (TPSA) is 53.1 Å². The molecule has 4 nitrogen and oxygen atoms in total. The van der Waals surface area contributed by atoms with Gasteiger partial charge in [0.1, 0.15) is 5.75 Å². The van der Waals surface area contributed by atoms with E-state index >= 15 is 0 Å². The number of imidazole rings is 1. The fraction of sp³-hybridized carbons (Fsp3) is 0.308. The SMILES string of the molecule is COc1ccc(Cl)c(-n2cncc2C(C)(C)N)c1. The van der Waals surface area contributed by atoms with Gasteiger partial charge in [-0.2, -0.15) is 0 Å². The molecule has 0 aliphatic carbocycles. The third-order valence-electron chi connectivity index (χ3n) is 2.71. The summed E-state index contributed by atoms with van der Waals surface area (Å²) in [6, 6.07) is 5.47. The summed E-state index contributed by atoms with van der Waals surface area (Å²) in [7, 11) is 1.62. The van der Waals surface area contributed by atoms with Gasteiger partial charge in [0, 0.05) is 6.07 Å². The summed E-state index contributed by atoms with van der Waals surface area (Å²) in [6.45, 7) is 3.85. The van der Waals surface area contributed by atoms with E-state index in [1.807, 2.05) is 30.5 Å². The molecule has 96 valence electrons. The molecule has 18 heavy (non-hydrogen) atoms. The lowest BCUT2D eigenvalue weighted by Crippen LogP contribution is -2.31. The molecule has 0 saturated carbocycles. The summed E-state index contributed by atoms with van der Waals surface area (Å²) in [6.07, 6.45) is 3.44. The van der Waals surface area contributed by atoms with E-state index in [1.54, 1.807) is 25.7 Å². The van der Waals surface area contributed by atoms with Gasteiger partial charge in [0.15, 0.2) is 0 Å². The van der Waals surface area contributed by atoms with Gasteiger partial charge in [-0.15, -0.1) is 0 Å². The smallest absolute Gasteiger partial charge is 0.121 e. The molecule has 0 bridgehead atoms. The summed E-state index contributed by atoms with van der Waals surface area (Å²) >= 11 is 6.22. The Labute approximate surface area is 111 Å². The Hall–Kier alpha value is -1.52. The number of nitrogens with two attached hydrogens (primary N) is 1. The molecular weight excluding hydrogens is 250 g/mol. The lowest BCUT2D eigenvalue weighted by Gasteiger charge is -2.21. The van der Waals surface area contributed by atoms with Crippen LogP contribution in [0.2, 0.25) is 5.02 Å². The van der Waals surface area contributed by atoms with Crippen LogP contribution in [-0.2, 0) is 5.54 Å². The van der Waals surface area contributed by atoms with Gasteiger partial charge in [-0.05, 0) is 26.0 Å². The molecule has 1 aromatic carbocycles. The van der Waals surface area contributed by atoms with Crippen molar-refractivity contribution < 1.29 is 4.74 Å². The van der Waals surface area contributed by atoms with E-state index in [9.17, 15) is 0 Å². The number of hydrogen-bond donors (Lipinski definition) is 1.